The van der Waals surface area contributed by atoms with Crippen molar-refractivity contribution in [2.45, 2.75) is 31.0 Å². The molecule has 1 saturated heterocycles. The van der Waals surface area contributed by atoms with Crippen LogP contribution in [0.25, 0.3) is 10.8 Å². The van der Waals surface area contributed by atoms with Crippen LogP contribution >= 0.6 is 0 Å². The Labute approximate surface area is 122 Å². The van der Waals surface area contributed by atoms with E-state index in [0.29, 0.717) is 17.1 Å². The Balaban J connectivity index is 1.61. The molecule has 4 rings (SSSR count). The van der Waals surface area contributed by atoms with Crippen LogP contribution in [0.4, 0.5) is 5.82 Å². The summed E-state index contributed by atoms with van der Waals surface area (Å²) in [4.78, 5) is 15.0. The summed E-state index contributed by atoms with van der Waals surface area (Å²) in [5.74, 6) is 1.16. The zero-order valence-corrected chi connectivity index (χ0v) is 11.7. The van der Waals surface area contributed by atoms with Gasteiger partial charge < -0.3 is 20.8 Å². The maximum Gasteiger partial charge on any atom is 0.257 e. The third kappa shape index (κ3) is 2.04. The Morgan fingerprint density at radius 3 is 3.10 bits per heavy atom. The van der Waals surface area contributed by atoms with Crippen LogP contribution < -0.4 is 16.6 Å². The number of ether oxygens (including phenoxy) is 1. The highest BCUT2D eigenvalue weighted by Gasteiger charge is 2.50. The Kier molecular flexibility index (Phi) is 2.97. The molecule has 2 fully saturated rings. The van der Waals surface area contributed by atoms with Crippen molar-refractivity contribution < 1.29 is 4.74 Å². The summed E-state index contributed by atoms with van der Waals surface area (Å²) in [6.45, 7) is 0.806. The summed E-state index contributed by atoms with van der Waals surface area (Å²) in [6, 6.07) is 9.69. The van der Waals surface area contributed by atoms with Crippen LogP contribution in [0.2, 0.25) is 0 Å². The Bertz CT molecular complexity index is 727. The number of rotatable bonds is 2. The first-order chi connectivity index (χ1) is 10.2. The molecule has 4 atom stereocenters. The number of nitrogens with two attached hydrogens (primary N) is 1. The van der Waals surface area contributed by atoms with E-state index in [1.54, 1.807) is 0 Å². The lowest BCUT2D eigenvalue weighted by atomic mass is 9.68. The maximum atomic E-state index is 12.1. The lowest BCUT2D eigenvalue weighted by Crippen LogP contribution is -2.69. The predicted molar refractivity (Wildman–Crippen MR) is 82.4 cm³/mol. The molecule has 2 heterocycles. The minimum atomic E-state index is -0.0791. The Morgan fingerprint density at radius 2 is 2.19 bits per heavy atom. The minimum Gasteiger partial charge on any atom is -0.376 e. The average Bonchev–Trinajstić information content (AvgIpc) is 2.52. The second kappa shape index (κ2) is 4.86. The third-order valence-electron chi connectivity index (χ3n) is 4.75. The summed E-state index contributed by atoms with van der Waals surface area (Å²) in [6.07, 6.45) is 2.40. The zero-order chi connectivity index (χ0) is 14.4. The number of fused-ring (bicyclic) bond motifs is 2. The molecule has 1 saturated carbocycles. The maximum absolute atomic E-state index is 12.1. The molecule has 5 nitrogen and oxygen atoms in total. The molecular weight excluding hydrogens is 266 g/mol. The van der Waals surface area contributed by atoms with Crippen molar-refractivity contribution in [2.75, 3.05) is 11.9 Å². The van der Waals surface area contributed by atoms with Crippen LogP contribution in [-0.4, -0.2) is 29.8 Å². The van der Waals surface area contributed by atoms with Crippen LogP contribution in [0.15, 0.2) is 35.1 Å². The van der Waals surface area contributed by atoms with Gasteiger partial charge in [0.05, 0.1) is 12.1 Å². The first kappa shape index (κ1) is 12.9. The van der Waals surface area contributed by atoms with Crippen molar-refractivity contribution in [3.8, 4) is 0 Å². The SMILES string of the molecule is NC1C2CCCOC2C1Nc1cc2ccccc2c(=O)[nH]1. The van der Waals surface area contributed by atoms with Crippen LogP contribution in [0.3, 0.4) is 0 Å². The largest absolute Gasteiger partial charge is 0.376 e. The summed E-state index contributed by atoms with van der Waals surface area (Å²) >= 11 is 0. The number of benzene rings is 1. The molecule has 0 bridgehead atoms. The normalized spacial score (nSPS) is 31.5. The molecule has 2 aromatic rings. The molecule has 5 heteroatoms. The van der Waals surface area contributed by atoms with Crippen LogP contribution in [0.5, 0.6) is 0 Å². The molecule has 110 valence electrons. The number of nitrogens with one attached hydrogen (secondary N) is 2. The topological polar surface area (TPSA) is 80.1 Å². The van der Waals surface area contributed by atoms with Gasteiger partial charge in [-0.3, -0.25) is 4.79 Å². The molecule has 4 unspecified atom stereocenters. The number of hydrogen-bond acceptors (Lipinski definition) is 4. The molecule has 0 spiro atoms. The summed E-state index contributed by atoms with van der Waals surface area (Å²) in [5, 5.41) is 4.98. The fourth-order valence-electron chi connectivity index (χ4n) is 3.59. The monoisotopic (exact) mass is 285 g/mol. The van der Waals surface area contributed by atoms with E-state index in [9.17, 15) is 4.79 Å². The van der Waals surface area contributed by atoms with Crippen molar-refractivity contribution in [1.29, 1.82) is 0 Å². The van der Waals surface area contributed by atoms with Crippen molar-refractivity contribution in [3.63, 3.8) is 0 Å². The smallest absolute Gasteiger partial charge is 0.257 e. The van der Waals surface area contributed by atoms with E-state index in [1.807, 2.05) is 30.3 Å². The first-order valence-corrected chi connectivity index (χ1v) is 7.50. The standard InChI is InChI=1S/C16H19N3O2/c17-13-11-6-3-7-21-15(11)14(13)18-12-8-9-4-1-2-5-10(9)16(20)19-12/h1-2,4-5,8,11,13-15H,3,6-7,17H2,(H2,18,19,20). The van der Waals surface area contributed by atoms with Gasteiger partial charge in [0.2, 0.25) is 0 Å². The van der Waals surface area contributed by atoms with Crippen LogP contribution in [0, 0.1) is 5.92 Å². The number of hydrogen-bond donors (Lipinski definition) is 3. The highest BCUT2D eigenvalue weighted by atomic mass is 16.5. The number of aromatic amines is 1. The third-order valence-corrected chi connectivity index (χ3v) is 4.75. The van der Waals surface area contributed by atoms with Gasteiger partial charge in [0, 0.05) is 24.0 Å². The fourth-order valence-corrected chi connectivity index (χ4v) is 3.59. The van der Waals surface area contributed by atoms with Crippen molar-refractivity contribution in [1.82, 2.24) is 4.98 Å². The molecule has 1 aromatic carbocycles. The lowest BCUT2D eigenvalue weighted by molar-refractivity contribution is -0.104. The predicted octanol–water partition coefficient (Wildman–Crippen LogP) is 1.44. The summed E-state index contributed by atoms with van der Waals surface area (Å²) in [7, 11) is 0. The van der Waals surface area contributed by atoms with Crippen molar-refractivity contribution >= 4 is 16.6 Å². The molecule has 1 aromatic heterocycles. The number of aromatic nitrogens is 1. The van der Waals surface area contributed by atoms with E-state index in [1.165, 1.54) is 0 Å². The molecule has 0 radical (unpaired) electrons. The number of anilines is 1. The van der Waals surface area contributed by atoms with Gasteiger partial charge in [0.1, 0.15) is 5.82 Å². The Hall–Kier alpha value is -1.85. The molecule has 1 aliphatic carbocycles. The van der Waals surface area contributed by atoms with Crippen molar-refractivity contribution in [3.05, 3.63) is 40.7 Å². The summed E-state index contributed by atoms with van der Waals surface area (Å²) in [5.41, 5.74) is 6.16. The molecular formula is C16H19N3O2. The molecule has 4 N–H and O–H groups in total. The highest BCUT2D eigenvalue weighted by Crippen LogP contribution is 2.38. The molecule has 0 amide bonds. The van der Waals surface area contributed by atoms with Gasteiger partial charge in [-0.25, -0.2) is 0 Å². The van der Waals surface area contributed by atoms with E-state index < -0.39 is 0 Å². The number of pyridine rings is 1. The van der Waals surface area contributed by atoms with Gasteiger partial charge in [0.15, 0.2) is 0 Å². The van der Waals surface area contributed by atoms with E-state index in [0.717, 1.165) is 24.8 Å². The van der Waals surface area contributed by atoms with Gasteiger partial charge in [-0.1, -0.05) is 18.2 Å². The van der Waals surface area contributed by atoms with E-state index in [-0.39, 0.29) is 23.7 Å². The van der Waals surface area contributed by atoms with Crippen LogP contribution in [-0.2, 0) is 4.74 Å². The van der Waals surface area contributed by atoms with Gasteiger partial charge in [-0.15, -0.1) is 0 Å². The van der Waals surface area contributed by atoms with Crippen molar-refractivity contribution in [2.24, 2.45) is 11.7 Å². The van der Waals surface area contributed by atoms with Crippen LogP contribution in [0.1, 0.15) is 12.8 Å². The summed E-state index contributed by atoms with van der Waals surface area (Å²) < 4.78 is 5.82. The van der Waals surface area contributed by atoms with Gasteiger partial charge >= 0.3 is 0 Å². The van der Waals surface area contributed by atoms with E-state index in [2.05, 4.69) is 10.3 Å². The molecule has 1 aliphatic heterocycles. The molecule has 21 heavy (non-hydrogen) atoms. The number of H-pyrrole nitrogens is 1. The van der Waals surface area contributed by atoms with Gasteiger partial charge in [0.25, 0.3) is 5.56 Å². The quantitative estimate of drug-likeness (QED) is 0.780. The first-order valence-electron chi connectivity index (χ1n) is 7.50. The zero-order valence-electron chi connectivity index (χ0n) is 11.7. The lowest BCUT2D eigenvalue weighted by Gasteiger charge is -2.52. The second-order valence-electron chi connectivity index (χ2n) is 5.99. The highest BCUT2D eigenvalue weighted by molar-refractivity contribution is 5.83. The fraction of sp³-hybridized carbons (Fsp3) is 0.438. The Morgan fingerprint density at radius 1 is 1.33 bits per heavy atom. The van der Waals surface area contributed by atoms with Gasteiger partial charge in [-0.2, -0.15) is 0 Å². The van der Waals surface area contributed by atoms with E-state index >= 15 is 0 Å². The minimum absolute atomic E-state index is 0.0760. The molecule has 2 aliphatic rings. The van der Waals surface area contributed by atoms with Gasteiger partial charge in [-0.05, 0) is 30.4 Å². The average molecular weight is 285 g/mol. The second-order valence-corrected chi connectivity index (χ2v) is 5.99. The van der Waals surface area contributed by atoms with E-state index in [4.69, 9.17) is 10.5 Å².